The molecule has 28 heavy (non-hydrogen) atoms. The van der Waals surface area contributed by atoms with E-state index in [0.717, 1.165) is 35.3 Å². The summed E-state index contributed by atoms with van der Waals surface area (Å²) >= 11 is 1.86. The van der Waals surface area contributed by atoms with Crippen LogP contribution in [0.4, 0.5) is 0 Å². The Labute approximate surface area is 170 Å². The number of ether oxygens (including phenoxy) is 1. The van der Waals surface area contributed by atoms with Crippen LogP contribution in [-0.2, 0) is 16.6 Å². The summed E-state index contributed by atoms with van der Waals surface area (Å²) in [5.41, 5.74) is 5.87. The van der Waals surface area contributed by atoms with Crippen molar-refractivity contribution in [3.63, 3.8) is 0 Å². The molecule has 4 heteroatoms. The SMILES string of the molecule is COC(=O)c1ccc(/C=C2\CCc3cc4c(cc3C2=O)SCCC4(C)C)cc1. The van der Waals surface area contributed by atoms with E-state index in [1.54, 1.807) is 12.1 Å². The number of methoxy groups -OCH3 is 1. The molecular weight excluding hydrogens is 368 g/mol. The van der Waals surface area contributed by atoms with Gasteiger partial charge < -0.3 is 4.74 Å². The number of esters is 1. The zero-order valence-corrected chi connectivity index (χ0v) is 17.3. The Hall–Kier alpha value is -2.33. The van der Waals surface area contributed by atoms with Crippen molar-refractivity contribution in [3.8, 4) is 0 Å². The van der Waals surface area contributed by atoms with Gasteiger partial charge in [-0.3, -0.25) is 4.79 Å². The number of aryl methyl sites for hydroxylation is 1. The van der Waals surface area contributed by atoms with Crippen molar-refractivity contribution < 1.29 is 14.3 Å². The maximum Gasteiger partial charge on any atom is 0.337 e. The third-order valence-electron chi connectivity index (χ3n) is 5.79. The summed E-state index contributed by atoms with van der Waals surface area (Å²) in [6.07, 6.45) is 4.76. The van der Waals surface area contributed by atoms with Gasteiger partial charge in [-0.25, -0.2) is 4.79 Å². The second-order valence-electron chi connectivity index (χ2n) is 8.10. The first-order chi connectivity index (χ1) is 13.4. The number of Topliss-reactive ketones (excluding diaryl/α,β-unsaturated/α-hetero) is 1. The van der Waals surface area contributed by atoms with Gasteiger partial charge in [0.15, 0.2) is 5.78 Å². The zero-order valence-electron chi connectivity index (χ0n) is 16.5. The Morgan fingerprint density at radius 3 is 2.61 bits per heavy atom. The van der Waals surface area contributed by atoms with Gasteiger partial charge in [0.25, 0.3) is 0 Å². The summed E-state index contributed by atoms with van der Waals surface area (Å²) in [7, 11) is 1.37. The molecule has 4 rings (SSSR count). The minimum absolute atomic E-state index is 0.130. The first-order valence-corrected chi connectivity index (χ1v) is 10.6. The summed E-state index contributed by atoms with van der Waals surface area (Å²) in [5, 5.41) is 0. The molecule has 3 nitrogen and oxygen atoms in total. The van der Waals surface area contributed by atoms with E-state index < -0.39 is 0 Å². The standard InChI is InChI=1S/C24H24O3S/c1-24(2)10-11-28-21-14-19-17(13-20(21)24)8-9-18(22(19)25)12-15-4-6-16(7-5-15)23(26)27-3/h4-7,12-14H,8-11H2,1-3H3/b18-12+. The molecule has 0 atom stereocenters. The normalized spacial score (nSPS) is 19.1. The van der Waals surface area contributed by atoms with Crippen molar-refractivity contribution in [1.29, 1.82) is 0 Å². The number of benzene rings is 2. The first kappa shape index (κ1) is 19.0. The van der Waals surface area contributed by atoms with Crippen LogP contribution in [0, 0.1) is 0 Å². The van der Waals surface area contributed by atoms with E-state index in [1.807, 2.05) is 30.0 Å². The molecule has 0 amide bonds. The molecule has 2 aromatic carbocycles. The number of hydrogen-bond donors (Lipinski definition) is 0. The molecule has 0 saturated carbocycles. The molecule has 0 N–H and O–H groups in total. The van der Waals surface area contributed by atoms with E-state index in [1.165, 1.54) is 29.6 Å². The van der Waals surface area contributed by atoms with Crippen LogP contribution in [0.3, 0.4) is 0 Å². The van der Waals surface area contributed by atoms with Crippen molar-refractivity contribution in [2.45, 2.75) is 43.4 Å². The van der Waals surface area contributed by atoms with Gasteiger partial charge in [-0.1, -0.05) is 32.0 Å². The Bertz CT molecular complexity index is 984. The highest BCUT2D eigenvalue weighted by Gasteiger charge is 2.31. The minimum atomic E-state index is -0.355. The Morgan fingerprint density at radius 1 is 1.14 bits per heavy atom. The number of allylic oxidation sites excluding steroid dienone is 1. The number of fused-ring (bicyclic) bond motifs is 2. The molecule has 0 spiro atoms. The molecule has 0 saturated heterocycles. The van der Waals surface area contributed by atoms with Crippen LogP contribution >= 0.6 is 11.8 Å². The second kappa shape index (κ2) is 7.25. The summed E-state index contributed by atoms with van der Waals surface area (Å²) in [4.78, 5) is 26.0. The fourth-order valence-corrected chi connectivity index (χ4v) is 5.49. The average Bonchev–Trinajstić information content (AvgIpc) is 2.69. The summed E-state index contributed by atoms with van der Waals surface area (Å²) in [6.45, 7) is 4.60. The number of carbonyl (C=O) groups is 2. The average molecular weight is 393 g/mol. The lowest BCUT2D eigenvalue weighted by Gasteiger charge is -2.34. The predicted octanol–water partition coefficient (Wildman–Crippen LogP) is 5.46. The third-order valence-corrected chi connectivity index (χ3v) is 6.85. The molecule has 144 valence electrons. The fourth-order valence-electron chi connectivity index (χ4n) is 3.97. The van der Waals surface area contributed by atoms with E-state index in [9.17, 15) is 9.59 Å². The maximum atomic E-state index is 13.1. The van der Waals surface area contributed by atoms with E-state index in [4.69, 9.17) is 4.74 Å². The molecule has 2 aliphatic rings. The van der Waals surface area contributed by atoms with Gasteiger partial charge in [-0.05, 0) is 71.4 Å². The molecule has 1 aliphatic heterocycles. The van der Waals surface area contributed by atoms with Crippen LogP contribution in [-0.4, -0.2) is 24.6 Å². The molecule has 1 aliphatic carbocycles. The van der Waals surface area contributed by atoms with Crippen LogP contribution in [0.1, 0.15) is 64.1 Å². The topological polar surface area (TPSA) is 43.4 Å². The van der Waals surface area contributed by atoms with E-state index in [2.05, 4.69) is 26.0 Å². The summed E-state index contributed by atoms with van der Waals surface area (Å²) < 4.78 is 4.73. The molecule has 2 aromatic rings. The van der Waals surface area contributed by atoms with E-state index in [0.29, 0.717) is 5.56 Å². The first-order valence-electron chi connectivity index (χ1n) is 9.63. The van der Waals surface area contributed by atoms with Crippen LogP contribution < -0.4 is 0 Å². The van der Waals surface area contributed by atoms with Crippen LogP contribution in [0.15, 0.2) is 46.9 Å². The number of thioether (sulfide) groups is 1. The van der Waals surface area contributed by atoms with Crippen molar-refractivity contribution in [3.05, 3.63) is 69.8 Å². The predicted molar refractivity (Wildman–Crippen MR) is 113 cm³/mol. The van der Waals surface area contributed by atoms with E-state index >= 15 is 0 Å². The van der Waals surface area contributed by atoms with Gasteiger partial charge in [0.1, 0.15) is 0 Å². The number of hydrogen-bond acceptors (Lipinski definition) is 4. The monoisotopic (exact) mass is 392 g/mol. The number of carbonyl (C=O) groups excluding carboxylic acids is 2. The lowest BCUT2D eigenvalue weighted by Crippen LogP contribution is -2.25. The highest BCUT2D eigenvalue weighted by molar-refractivity contribution is 7.99. The summed E-state index contributed by atoms with van der Waals surface area (Å²) in [6, 6.07) is 11.6. The Kier molecular flexibility index (Phi) is 4.92. The number of rotatable bonds is 2. The third kappa shape index (κ3) is 3.42. The number of ketones is 1. The molecule has 0 bridgehead atoms. The Morgan fingerprint density at radius 2 is 1.89 bits per heavy atom. The van der Waals surface area contributed by atoms with Crippen molar-refractivity contribution in [2.75, 3.05) is 12.9 Å². The quantitative estimate of drug-likeness (QED) is 0.503. The molecular formula is C24H24O3S. The van der Waals surface area contributed by atoms with Gasteiger partial charge >= 0.3 is 5.97 Å². The van der Waals surface area contributed by atoms with Gasteiger partial charge in [0.05, 0.1) is 12.7 Å². The van der Waals surface area contributed by atoms with Crippen molar-refractivity contribution in [1.82, 2.24) is 0 Å². The largest absolute Gasteiger partial charge is 0.465 e. The second-order valence-corrected chi connectivity index (χ2v) is 9.24. The highest BCUT2D eigenvalue weighted by Crippen LogP contribution is 2.44. The fraction of sp³-hybridized carbons (Fsp3) is 0.333. The Balaban J connectivity index is 1.65. The van der Waals surface area contributed by atoms with Crippen molar-refractivity contribution >= 4 is 29.6 Å². The lowest BCUT2D eigenvalue weighted by molar-refractivity contribution is 0.0600. The van der Waals surface area contributed by atoms with Gasteiger partial charge in [0, 0.05) is 16.0 Å². The molecule has 0 aromatic heterocycles. The van der Waals surface area contributed by atoms with E-state index in [-0.39, 0.29) is 17.2 Å². The van der Waals surface area contributed by atoms with Crippen LogP contribution in [0.2, 0.25) is 0 Å². The molecule has 0 unspecified atom stereocenters. The lowest BCUT2D eigenvalue weighted by atomic mass is 9.77. The maximum absolute atomic E-state index is 13.1. The highest BCUT2D eigenvalue weighted by atomic mass is 32.2. The zero-order chi connectivity index (χ0) is 19.9. The molecule has 0 fully saturated rings. The van der Waals surface area contributed by atoms with Crippen LogP contribution in [0.25, 0.3) is 6.08 Å². The smallest absolute Gasteiger partial charge is 0.337 e. The van der Waals surface area contributed by atoms with Gasteiger partial charge in [-0.15, -0.1) is 11.8 Å². The molecule has 1 heterocycles. The van der Waals surface area contributed by atoms with Crippen LogP contribution in [0.5, 0.6) is 0 Å². The van der Waals surface area contributed by atoms with Gasteiger partial charge in [-0.2, -0.15) is 0 Å². The minimum Gasteiger partial charge on any atom is -0.465 e. The van der Waals surface area contributed by atoms with Crippen molar-refractivity contribution in [2.24, 2.45) is 0 Å². The molecule has 0 radical (unpaired) electrons. The summed E-state index contributed by atoms with van der Waals surface area (Å²) in [5.74, 6) is 0.875. The van der Waals surface area contributed by atoms with Gasteiger partial charge in [0.2, 0.25) is 0 Å².